The van der Waals surface area contributed by atoms with E-state index in [-0.39, 0.29) is 25.4 Å². The number of rotatable bonds is 8. The van der Waals surface area contributed by atoms with Crippen molar-refractivity contribution in [3.63, 3.8) is 0 Å². The number of carbonyl (C=O) groups is 1. The highest BCUT2D eigenvalue weighted by Gasteiger charge is 2.41. The average molecular weight is 525 g/mol. The first kappa shape index (κ1) is 26.8. The summed E-state index contributed by atoms with van der Waals surface area (Å²) in [6.07, 6.45) is 2.51. The summed E-state index contributed by atoms with van der Waals surface area (Å²) >= 11 is 0. The van der Waals surface area contributed by atoms with Gasteiger partial charge in [0.2, 0.25) is 0 Å². The Morgan fingerprint density at radius 3 is 2.58 bits per heavy atom. The van der Waals surface area contributed by atoms with Crippen molar-refractivity contribution in [1.82, 2.24) is 4.90 Å². The van der Waals surface area contributed by atoms with Gasteiger partial charge in [-0.1, -0.05) is 49.1 Å². The second kappa shape index (κ2) is 12.4. The van der Waals surface area contributed by atoms with E-state index in [1.54, 1.807) is 6.07 Å². The highest BCUT2D eigenvalue weighted by atomic mass is 16.7. The molecule has 38 heavy (non-hydrogen) atoms. The monoisotopic (exact) mass is 524 g/mol. The van der Waals surface area contributed by atoms with Crippen molar-refractivity contribution in [2.75, 3.05) is 44.8 Å². The SMILES string of the molecule is C=CCOC(=O)Nc1cccc(C2OC(CN3CCC4(CC3)OCCO4)CC(c3ccc(CO)cc3)O2)c1. The van der Waals surface area contributed by atoms with Crippen LogP contribution in [0.4, 0.5) is 10.5 Å². The average Bonchev–Trinajstić information content (AvgIpc) is 3.41. The van der Waals surface area contributed by atoms with Crippen molar-refractivity contribution in [3.8, 4) is 0 Å². The molecule has 3 atom stereocenters. The first-order valence-electron chi connectivity index (χ1n) is 13.2. The summed E-state index contributed by atoms with van der Waals surface area (Å²) in [5, 5.41) is 12.2. The lowest BCUT2D eigenvalue weighted by Crippen LogP contribution is -2.48. The normalized spacial score (nSPS) is 25.2. The summed E-state index contributed by atoms with van der Waals surface area (Å²) in [6.45, 7) is 7.56. The molecule has 1 amide bonds. The molecule has 0 saturated carbocycles. The summed E-state index contributed by atoms with van der Waals surface area (Å²) in [5.74, 6) is -0.410. The van der Waals surface area contributed by atoms with Gasteiger partial charge in [0.05, 0.1) is 32.0 Å². The van der Waals surface area contributed by atoms with E-state index in [0.717, 1.165) is 49.2 Å². The van der Waals surface area contributed by atoms with Gasteiger partial charge in [0.1, 0.15) is 6.61 Å². The Morgan fingerprint density at radius 2 is 1.87 bits per heavy atom. The van der Waals surface area contributed by atoms with Gasteiger partial charge >= 0.3 is 6.09 Å². The van der Waals surface area contributed by atoms with Gasteiger partial charge in [0.25, 0.3) is 0 Å². The molecule has 1 spiro atoms. The fraction of sp³-hybridized carbons (Fsp3) is 0.483. The van der Waals surface area contributed by atoms with Crippen LogP contribution in [0.2, 0.25) is 0 Å². The Bertz CT molecular complexity index is 1080. The van der Waals surface area contributed by atoms with Crippen molar-refractivity contribution in [3.05, 3.63) is 77.9 Å². The molecule has 0 aromatic heterocycles. The molecular formula is C29H36N2O7. The number of benzene rings is 2. The molecule has 0 aliphatic carbocycles. The van der Waals surface area contributed by atoms with E-state index in [4.69, 9.17) is 23.7 Å². The third kappa shape index (κ3) is 6.61. The van der Waals surface area contributed by atoms with Crippen molar-refractivity contribution >= 4 is 11.8 Å². The van der Waals surface area contributed by atoms with Gasteiger partial charge in [0.15, 0.2) is 12.1 Å². The number of aliphatic hydroxyl groups is 1. The van der Waals surface area contributed by atoms with Crippen LogP contribution in [0.15, 0.2) is 61.2 Å². The lowest BCUT2D eigenvalue weighted by Gasteiger charge is -2.41. The van der Waals surface area contributed by atoms with Crippen LogP contribution in [0.3, 0.4) is 0 Å². The summed E-state index contributed by atoms with van der Waals surface area (Å²) in [6, 6.07) is 15.3. The number of nitrogens with one attached hydrogen (secondary N) is 1. The lowest BCUT2D eigenvalue weighted by atomic mass is 9.98. The highest BCUT2D eigenvalue weighted by molar-refractivity contribution is 5.84. The molecule has 3 unspecified atom stereocenters. The number of carbonyl (C=O) groups excluding carboxylic acids is 1. The molecule has 9 nitrogen and oxygen atoms in total. The van der Waals surface area contributed by atoms with Gasteiger partial charge in [-0.25, -0.2) is 4.79 Å². The third-order valence-corrected chi connectivity index (χ3v) is 7.25. The van der Waals surface area contributed by atoms with Crippen LogP contribution in [-0.2, 0) is 30.3 Å². The maximum Gasteiger partial charge on any atom is 0.411 e. The Hall–Kier alpha value is -2.79. The molecule has 3 fully saturated rings. The number of likely N-dealkylation sites (tertiary alicyclic amines) is 1. The summed E-state index contributed by atoms with van der Waals surface area (Å²) in [7, 11) is 0. The van der Waals surface area contributed by atoms with Gasteiger partial charge in [-0.2, -0.15) is 0 Å². The number of hydrogen-bond donors (Lipinski definition) is 2. The van der Waals surface area contributed by atoms with Crippen LogP contribution in [0.5, 0.6) is 0 Å². The largest absolute Gasteiger partial charge is 0.445 e. The Morgan fingerprint density at radius 1 is 1.11 bits per heavy atom. The van der Waals surface area contributed by atoms with Crippen LogP contribution in [-0.4, -0.2) is 67.4 Å². The quantitative estimate of drug-likeness (QED) is 0.494. The molecular weight excluding hydrogens is 488 g/mol. The van der Waals surface area contributed by atoms with Gasteiger partial charge < -0.3 is 33.7 Å². The molecule has 3 saturated heterocycles. The zero-order valence-corrected chi connectivity index (χ0v) is 21.6. The van der Waals surface area contributed by atoms with Crippen LogP contribution in [0, 0.1) is 0 Å². The minimum absolute atomic E-state index is 0.000922. The van der Waals surface area contributed by atoms with Gasteiger partial charge in [-0.3, -0.25) is 5.32 Å². The zero-order valence-electron chi connectivity index (χ0n) is 21.6. The fourth-order valence-corrected chi connectivity index (χ4v) is 5.23. The van der Waals surface area contributed by atoms with Crippen molar-refractivity contribution in [1.29, 1.82) is 0 Å². The topological polar surface area (TPSA) is 98.7 Å². The molecule has 3 aliphatic rings. The molecule has 3 aliphatic heterocycles. The molecule has 5 rings (SSSR count). The van der Waals surface area contributed by atoms with Crippen LogP contribution in [0.1, 0.15) is 48.3 Å². The number of hydrogen-bond acceptors (Lipinski definition) is 8. The van der Waals surface area contributed by atoms with E-state index in [1.807, 2.05) is 42.5 Å². The predicted molar refractivity (Wildman–Crippen MR) is 140 cm³/mol. The van der Waals surface area contributed by atoms with E-state index in [2.05, 4.69) is 16.8 Å². The van der Waals surface area contributed by atoms with Crippen molar-refractivity contribution in [2.24, 2.45) is 0 Å². The first-order chi connectivity index (χ1) is 18.6. The van der Waals surface area contributed by atoms with Gasteiger partial charge in [-0.05, 0) is 23.3 Å². The van der Waals surface area contributed by atoms with Crippen LogP contribution in [0.25, 0.3) is 0 Å². The van der Waals surface area contributed by atoms with Crippen LogP contribution >= 0.6 is 0 Å². The fourth-order valence-electron chi connectivity index (χ4n) is 5.23. The Kier molecular flexibility index (Phi) is 8.73. The maximum absolute atomic E-state index is 12.0. The number of anilines is 1. The van der Waals surface area contributed by atoms with E-state index >= 15 is 0 Å². The van der Waals surface area contributed by atoms with Crippen LogP contribution < -0.4 is 5.32 Å². The molecule has 0 bridgehead atoms. The van der Waals surface area contributed by atoms with E-state index in [0.29, 0.717) is 25.3 Å². The van der Waals surface area contributed by atoms with E-state index in [9.17, 15) is 9.90 Å². The number of ether oxygens (including phenoxy) is 5. The molecule has 0 radical (unpaired) electrons. The predicted octanol–water partition coefficient (Wildman–Crippen LogP) is 4.30. The van der Waals surface area contributed by atoms with E-state index < -0.39 is 18.2 Å². The molecule has 9 heteroatoms. The number of amides is 1. The Labute approximate surface area is 223 Å². The molecule has 204 valence electrons. The first-order valence-corrected chi connectivity index (χ1v) is 13.2. The Balaban J connectivity index is 1.30. The second-order valence-electron chi connectivity index (χ2n) is 9.90. The molecule has 2 aromatic rings. The molecule has 3 heterocycles. The number of piperidine rings is 1. The minimum Gasteiger partial charge on any atom is -0.445 e. The minimum atomic E-state index is -0.611. The molecule has 2 aromatic carbocycles. The number of aliphatic hydroxyl groups excluding tert-OH is 1. The van der Waals surface area contributed by atoms with Gasteiger partial charge in [-0.15, -0.1) is 0 Å². The third-order valence-electron chi connectivity index (χ3n) is 7.25. The summed E-state index contributed by atoms with van der Waals surface area (Å²) in [5.41, 5.74) is 3.29. The molecule has 2 N–H and O–H groups in total. The maximum atomic E-state index is 12.0. The summed E-state index contributed by atoms with van der Waals surface area (Å²) < 4.78 is 29.8. The summed E-state index contributed by atoms with van der Waals surface area (Å²) in [4.78, 5) is 14.4. The second-order valence-corrected chi connectivity index (χ2v) is 9.90. The van der Waals surface area contributed by atoms with Crippen molar-refractivity contribution in [2.45, 2.75) is 50.2 Å². The van der Waals surface area contributed by atoms with Crippen molar-refractivity contribution < 1.29 is 33.6 Å². The lowest BCUT2D eigenvalue weighted by molar-refractivity contribution is -0.255. The smallest absolute Gasteiger partial charge is 0.411 e. The number of nitrogens with zero attached hydrogens (tertiary/aromatic N) is 1. The van der Waals surface area contributed by atoms with E-state index in [1.165, 1.54) is 6.08 Å². The highest BCUT2D eigenvalue weighted by Crippen LogP contribution is 2.39. The van der Waals surface area contributed by atoms with Gasteiger partial charge in [0, 0.05) is 50.1 Å². The zero-order chi connectivity index (χ0) is 26.4. The standard InChI is InChI=1S/C29H36N2O7/c1-2-14-34-28(33)30-24-5-3-4-23(17-24)27-37-25(18-26(38-27)22-8-6-21(20-32)7-9-22)19-31-12-10-29(11-13-31)35-15-16-36-29/h2-9,17,25-27,32H,1,10-16,18-20H2,(H,30,33).